The van der Waals surface area contributed by atoms with Gasteiger partial charge in [0.05, 0.1) is 6.10 Å². The zero-order valence-electron chi connectivity index (χ0n) is 5.52. The number of hydrogen-bond acceptors (Lipinski definition) is 1. The molecule has 1 nitrogen and oxygen atoms in total. The topological polar surface area (TPSA) is 20.2 Å². The molecule has 1 saturated carbocycles. The number of halogens is 1. The van der Waals surface area contributed by atoms with Gasteiger partial charge in [0.2, 0.25) is 0 Å². The number of alkyl halides is 1. The molecule has 1 aliphatic carbocycles. The second kappa shape index (κ2) is 3.76. The maximum absolute atomic E-state index is 9.12. The summed E-state index contributed by atoms with van der Waals surface area (Å²) in [6.07, 6.45) is 4.57. The van der Waals surface area contributed by atoms with E-state index in [1.54, 1.807) is 0 Å². The van der Waals surface area contributed by atoms with Crippen molar-refractivity contribution >= 4 is 22.6 Å². The van der Waals surface area contributed by atoms with Crippen LogP contribution in [0.5, 0.6) is 0 Å². The summed E-state index contributed by atoms with van der Waals surface area (Å²) in [5, 5.41) is 9.12. The number of rotatable bonds is 1. The Balaban J connectivity index is 2.18. The molecule has 0 bridgehead atoms. The Morgan fingerprint density at radius 1 is 1.22 bits per heavy atom. The van der Waals surface area contributed by atoms with Gasteiger partial charge in [0.15, 0.2) is 0 Å². The Morgan fingerprint density at radius 3 is 2.22 bits per heavy atom. The SMILES string of the molecule is O[C@H]1CC[C@@H](CI)CC1. The van der Waals surface area contributed by atoms with Gasteiger partial charge in [-0.25, -0.2) is 0 Å². The first-order valence-corrected chi connectivity index (χ1v) is 5.09. The first-order valence-electron chi connectivity index (χ1n) is 3.57. The van der Waals surface area contributed by atoms with Gasteiger partial charge in [0.1, 0.15) is 0 Å². The van der Waals surface area contributed by atoms with Gasteiger partial charge in [-0.05, 0) is 31.6 Å². The van der Waals surface area contributed by atoms with Crippen LogP contribution in [0.25, 0.3) is 0 Å². The van der Waals surface area contributed by atoms with E-state index in [1.165, 1.54) is 17.3 Å². The van der Waals surface area contributed by atoms with Crippen LogP contribution < -0.4 is 0 Å². The first kappa shape index (κ1) is 7.79. The summed E-state index contributed by atoms with van der Waals surface area (Å²) in [7, 11) is 0. The fraction of sp³-hybridized carbons (Fsp3) is 1.00. The molecule has 0 heterocycles. The molecule has 0 aromatic rings. The minimum atomic E-state index is 0.0178. The molecule has 0 spiro atoms. The van der Waals surface area contributed by atoms with E-state index < -0.39 is 0 Å². The standard InChI is InChI=1S/C7H13IO/c8-5-6-1-3-7(9)4-2-6/h6-7,9H,1-5H2/t6-,7+. The number of aliphatic hydroxyl groups excluding tert-OH is 1. The fourth-order valence-corrected chi connectivity index (χ4v) is 2.18. The van der Waals surface area contributed by atoms with E-state index in [1.807, 2.05) is 0 Å². The molecule has 1 N–H and O–H groups in total. The quantitative estimate of drug-likeness (QED) is 0.548. The molecule has 9 heavy (non-hydrogen) atoms. The van der Waals surface area contributed by atoms with Crippen molar-refractivity contribution < 1.29 is 5.11 Å². The molecule has 0 amide bonds. The second-order valence-electron chi connectivity index (χ2n) is 2.83. The van der Waals surface area contributed by atoms with Gasteiger partial charge in [0.25, 0.3) is 0 Å². The van der Waals surface area contributed by atoms with E-state index in [2.05, 4.69) is 22.6 Å². The highest BCUT2D eigenvalue weighted by Gasteiger charge is 2.17. The van der Waals surface area contributed by atoms with E-state index in [4.69, 9.17) is 5.11 Å². The van der Waals surface area contributed by atoms with Gasteiger partial charge < -0.3 is 5.11 Å². The van der Waals surface area contributed by atoms with Crippen LogP contribution in [0.2, 0.25) is 0 Å². The van der Waals surface area contributed by atoms with Crippen molar-refractivity contribution in [2.45, 2.75) is 31.8 Å². The Kier molecular flexibility index (Phi) is 3.26. The summed E-state index contributed by atoms with van der Waals surface area (Å²) in [5.74, 6) is 0.897. The third kappa shape index (κ3) is 2.42. The minimum Gasteiger partial charge on any atom is -0.393 e. The lowest BCUT2D eigenvalue weighted by Crippen LogP contribution is -2.18. The maximum atomic E-state index is 9.12. The molecule has 54 valence electrons. The molecule has 1 fully saturated rings. The van der Waals surface area contributed by atoms with Crippen molar-refractivity contribution in [2.24, 2.45) is 5.92 Å². The average molecular weight is 240 g/mol. The molecule has 0 radical (unpaired) electrons. The van der Waals surface area contributed by atoms with E-state index in [9.17, 15) is 0 Å². The van der Waals surface area contributed by atoms with E-state index >= 15 is 0 Å². The molecule has 0 aromatic carbocycles. The van der Waals surface area contributed by atoms with Gasteiger partial charge in [0, 0.05) is 4.43 Å². The molecule has 0 saturated heterocycles. The maximum Gasteiger partial charge on any atom is 0.0540 e. The predicted molar refractivity (Wildman–Crippen MR) is 46.9 cm³/mol. The molecule has 0 aromatic heterocycles. The highest BCUT2D eigenvalue weighted by Crippen LogP contribution is 2.25. The summed E-state index contributed by atoms with van der Waals surface area (Å²) in [4.78, 5) is 0. The molecule has 2 heteroatoms. The molecular formula is C7H13IO. The molecule has 1 rings (SSSR count). The lowest BCUT2D eigenvalue weighted by molar-refractivity contribution is 0.114. The largest absolute Gasteiger partial charge is 0.393 e. The van der Waals surface area contributed by atoms with E-state index in [0.29, 0.717) is 0 Å². The van der Waals surface area contributed by atoms with Crippen molar-refractivity contribution in [1.82, 2.24) is 0 Å². The predicted octanol–water partition coefficient (Wildman–Crippen LogP) is 1.97. The normalized spacial score (nSPS) is 36.7. The number of aliphatic hydroxyl groups is 1. The zero-order chi connectivity index (χ0) is 6.69. The number of hydrogen-bond donors (Lipinski definition) is 1. The van der Waals surface area contributed by atoms with Crippen LogP contribution in [0.3, 0.4) is 0 Å². The molecule has 0 atom stereocenters. The highest BCUT2D eigenvalue weighted by atomic mass is 127. The Labute approximate surface area is 70.0 Å². The van der Waals surface area contributed by atoms with Gasteiger partial charge in [-0.1, -0.05) is 22.6 Å². The van der Waals surface area contributed by atoms with Crippen molar-refractivity contribution in [1.29, 1.82) is 0 Å². The van der Waals surface area contributed by atoms with Crippen LogP contribution in [0.1, 0.15) is 25.7 Å². The van der Waals surface area contributed by atoms with Gasteiger partial charge in [-0.2, -0.15) is 0 Å². The lowest BCUT2D eigenvalue weighted by Gasteiger charge is -2.23. The smallest absolute Gasteiger partial charge is 0.0540 e. The van der Waals surface area contributed by atoms with Gasteiger partial charge in [-0.15, -0.1) is 0 Å². The second-order valence-corrected chi connectivity index (χ2v) is 3.71. The van der Waals surface area contributed by atoms with Gasteiger partial charge >= 0.3 is 0 Å². The van der Waals surface area contributed by atoms with E-state index in [-0.39, 0.29) is 6.10 Å². The summed E-state index contributed by atoms with van der Waals surface area (Å²) in [6.45, 7) is 0. The van der Waals surface area contributed by atoms with Crippen LogP contribution in [0, 0.1) is 5.92 Å². The third-order valence-corrected chi connectivity index (χ3v) is 3.28. The van der Waals surface area contributed by atoms with Crippen LogP contribution in [-0.2, 0) is 0 Å². The summed E-state index contributed by atoms with van der Waals surface area (Å²) >= 11 is 2.43. The Hall–Kier alpha value is 0.690. The van der Waals surface area contributed by atoms with Crippen LogP contribution in [-0.4, -0.2) is 15.6 Å². The van der Waals surface area contributed by atoms with Gasteiger partial charge in [-0.3, -0.25) is 0 Å². The van der Waals surface area contributed by atoms with Crippen LogP contribution in [0.4, 0.5) is 0 Å². The first-order chi connectivity index (χ1) is 4.33. The van der Waals surface area contributed by atoms with Crippen molar-refractivity contribution in [2.75, 3.05) is 4.43 Å². The monoisotopic (exact) mass is 240 g/mol. The van der Waals surface area contributed by atoms with Crippen molar-refractivity contribution in [3.05, 3.63) is 0 Å². The van der Waals surface area contributed by atoms with Crippen molar-refractivity contribution in [3.63, 3.8) is 0 Å². The molecule has 0 aliphatic heterocycles. The molecular weight excluding hydrogens is 227 g/mol. The highest BCUT2D eigenvalue weighted by molar-refractivity contribution is 14.1. The summed E-state index contributed by atoms with van der Waals surface area (Å²) < 4.78 is 1.27. The van der Waals surface area contributed by atoms with Crippen LogP contribution in [0.15, 0.2) is 0 Å². The minimum absolute atomic E-state index is 0.0178. The third-order valence-electron chi connectivity index (χ3n) is 2.03. The lowest BCUT2D eigenvalue weighted by atomic mass is 9.89. The Bertz CT molecular complexity index is 77.0. The zero-order valence-corrected chi connectivity index (χ0v) is 7.67. The molecule has 0 unspecified atom stereocenters. The fourth-order valence-electron chi connectivity index (χ4n) is 1.30. The van der Waals surface area contributed by atoms with Crippen molar-refractivity contribution in [3.8, 4) is 0 Å². The molecule has 1 aliphatic rings. The van der Waals surface area contributed by atoms with E-state index in [0.717, 1.165) is 18.8 Å². The summed E-state index contributed by atoms with van der Waals surface area (Å²) in [6, 6.07) is 0. The average Bonchev–Trinajstić information content (AvgIpc) is 1.90. The summed E-state index contributed by atoms with van der Waals surface area (Å²) in [5.41, 5.74) is 0. The Morgan fingerprint density at radius 2 is 1.78 bits per heavy atom. The van der Waals surface area contributed by atoms with Crippen LogP contribution >= 0.6 is 22.6 Å².